The first kappa shape index (κ1) is 90.6. The first-order valence-electron chi connectivity index (χ1n) is 39.6. The summed E-state index contributed by atoms with van der Waals surface area (Å²) in [5.41, 5.74) is 17.2. The average molecular weight is 1690 g/mol. The Balaban J connectivity index is 0.000000174. The largest absolute Gasteiger partial charge is 0.480 e. The van der Waals surface area contributed by atoms with Gasteiger partial charge in [0.25, 0.3) is 11.5 Å². The molecule has 30 nitrogen and oxygen atoms in total. The standard InChI is InChI=1S/C35H31F3N6O3.C18H26N4O3.C14H16N4O3.C13H20N2O3.C5H5ClN2.ClH/c36-24-14-21(15-25(37)18-24)13-23(33-27(6-3-10-42-33)22-8-9-30(38)29(17-22)34(39)46)16-26(45)19-44-31-7-2-1-5-28(31)35(43-44)47-20-32-40-11-4-12-41-32;1-18(2,3)25-16(23)11-22-14-8-5-4-7-13(14)17(21-22)24-12-15-19-9-6-10-20-15;19-13(20)8-18-11-5-2-1-4-10(11)14(17-18)21-9-12-15-6-3-7-16-12;1-13(2,3)18-11(16)8-15-10-7-5-4-6-9(10)12(17)14-15;6-4-5-7-2-1-3-8-5;/h3-4,6,8-12,14-15,17-18,23H,1-2,5,7,13,16,19-20H2,(H2,39,46);6,9-10,17,21H,4-5,7-8,11-12H2,1-3H3;3,6-7H,1-2,4-5,8-9H2,(H,19,20);4-8H2,1-3H3,(H,14,17);1-3H,4H2;1H/t23-;;;;;/m1...../s1. The number of alkyl halides is 1. The van der Waals surface area contributed by atoms with Crippen LogP contribution in [-0.4, -0.2) is 138 Å². The van der Waals surface area contributed by atoms with Gasteiger partial charge < -0.3 is 34.5 Å². The Kier molecular flexibility index (Phi) is 32.7. The molecule has 1 aliphatic heterocycles. The molecule has 10 aromatic rings. The second-order valence-electron chi connectivity index (χ2n) is 30.8. The summed E-state index contributed by atoms with van der Waals surface area (Å²) in [5, 5.41) is 22.5. The van der Waals surface area contributed by atoms with E-state index in [9.17, 15) is 41.9 Å². The van der Waals surface area contributed by atoms with Crippen LogP contribution in [0.4, 0.5) is 13.2 Å². The third-order valence-electron chi connectivity index (χ3n) is 19.4. The number of carbonyl (C=O) groups excluding carboxylic acids is 4. The van der Waals surface area contributed by atoms with Crippen molar-refractivity contribution in [2.24, 2.45) is 5.73 Å². The van der Waals surface area contributed by atoms with Gasteiger partial charge in [-0.2, -0.15) is 0 Å². The zero-order valence-corrected chi connectivity index (χ0v) is 69.4. The number of aromatic nitrogens is 15. The molecular weight excluding hydrogens is 1590 g/mol. The number of Topliss-reactive ketones (excluding diaryl/α,β-unsaturated/α-hetero) is 1. The maximum absolute atomic E-state index is 14.3. The van der Waals surface area contributed by atoms with Crippen molar-refractivity contribution in [1.82, 2.24) is 84.6 Å². The highest BCUT2D eigenvalue weighted by atomic mass is 35.5. The van der Waals surface area contributed by atoms with Crippen molar-refractivity contribution < 1.29 is 65.9 Å². The van der Waals surface area contributed by atoms with Gasteiger partial charge in [-0.3, -0.25) is 57.9 Å². The maximum atomic E-state index is 14.3. The van der Waals surface area contributed by atoms with Crippen molar-refractivity contribution >= 4 is 53.6 Å². The number of esters is 2. The van der Waals surface area contributed by atoms with Gasteiger partial charge in [-0.05, 0) is 222 Å². The van der Waals surface area contributed by atoms with Crippen molar-refractivity contribution in [2.75, 3.05) is 6.54 Å². The van der Waals surface area contributed by atoms with Crippen LogP contribution in [0.15, 0.2) is 145 Å². The predicted octanol–water partition coefficient (Wildman–Crippen LogP) is 12.3. The molecule has 2 atom stereocenters. The van der Waals surface area contributed by atoms with Gasteiger partial charge in [0.2, 0.25) is 11.8 Å². The summed E-state index contributed by atoms with van der Waals surface area (Å²) in [6, 6.07) is 17.6. The number of rotatable bonds is 25. The van der Waals surface area contributed by atoms with Gasteiger partial charge in [-0.25, -0.2) is 58.5 Å². The zero-order chi connectivity index (χ0) is 84.6. The highest BCUT2D eigenvalue weighted by Gasteiger charge is 2.36. The molecule has 5 aliphatic rings. The molecule has 0 fully saturated rings. The predicted molar refractivity (Wildman–Crippen MR) is 437 cm³/mol. The fourth-order valence-electron chi connectivity index (χ4n) is 14.5. The lowest BCUT2D eigenvalue weighted by Crippen LogP contribution is -2.43. The van der Waals surface area contributed by atoms with Crippen molar-refractivity contribution in [3.63, 3.8) is 0 Å². The molecule has 2 aromatic carbocycles. The summed E-state index contributed by atoms with van der Waals surface area (Å²) >= 11 is 5.40. The van der Waals surface area contributed by atoms with Gasteiger partial charge in [0.15, 0.2) is 23.3 Å². The van der Waals surface area contributed by atoms with E-state index in [0.29, 0.717) is 69.9 Å². The molecule has 0 bridgehead atoms. The number of halogens is 5. The number of nitrogens with two attached hydrogens (primary N) is 1. The third kappa shape index (κ3) is 26.4. The first-order chi connectivity index (χ1) is 57.2. The van der Waals surface area contributed by atoms with Crippen LogP contribution in [0.1, 0.15) is 197 Å². The molecule has 9 heterocycles. The molecule has 1 amide bonds. The molecule has 8 aromatic heterocycles. The molecule has 0 radical (unpaired) electrons. The number of hydrazine groups is 1. The highest BCUT2D eigenvalue weighted by Crippen LogP contribution is 2.38. The topological polar surface area (TPSA) is 382 Å². The molecule has 120 heavy (non-hydrogen) atoms. The number of nitrogens with one attached hydrogen (secondary N) is 2. The number of hydrogen-bond acceptors (Lipinski definition) is 24. The number of pyridine rings is 1. The second kappa shape index (κ2) is 43.3. The number of hydrogen-bond donors (Lipinski definition) is 4. The van der Waals surface area contributed by atoms with E-state index in [2.05, 4.69) is 65.6 Å². The number of ketones is 1. The minimum absolute atomic E-state index is 0. The maximum Gasteiger partial charge on any atom is 0.328 e. The smallest absolute Gasteiger partial charge is 0.328 e. The number of aromatic amines is 1. The number of H-pyrrole nitrogens is 1. The molecule has 15 rings (SSSR count). The van der Waals surface area contributed by atoms with Gasteiger partial charge in [0, 0.05) is 119 Å². The van der Waals surface area contributed by atoms with Crippen LogP contribution < -0.4 is 26.2 Å². The zero-order valence-electron chi connectivity index (χ0n) is 67.8. The highest BCUT2D eigenvalue weighted by molar-refractivity contribution is 6.16. The van der Waals surface area contributed by atoms with Crippen LogP contribution in [0.3, 0.4) is 0 Å². The van der Waals surface area contributed by atoms with E-state index in [-0.39, 0.29) is 99.7 Å². The fraction of sp³-hybridized carbons (Fsp3) is 0.424. The number of primary amides is 1. The molecule has 5 N–H and O–H groups in total. The summed E-state index contributed by atoms with van der Waals surface area (Å²) in [5.74, 6) is -1.72. The van der Waals surface area contributed by atoms with E-state index in [1.807, 2.05) is 46.6 Å². The Morgan fingerprint density at radius 3 is 1.57 bits per heavy atom. The minimum Gasteiger partial charge on any atom is -0.480 e. The minimum atomic E-state index is -0.932. The van der Waals surface area contributed by atoms with E-state index >= 15 is 0 Å². The second-order valence-corrected chi connectivity index (χ2v) is 31.1. The lowest BCUT2D eigenvalue weighted by atomic mass is 9.86. The summed E-state index contributed by atoms with van der Waals surface area (Å²) in [7, 11) is 0. The quantitative estimate of drug-likeness (QED) is 0.0305. The molecule has 636 valence electrons. The molecule has 0 saturated carbocycles. The number of aliphatic carboxylic acids is 1. The number of carboxylic acids is 1. The van der Waals surface area contributed by atoms with E-state index in [1.54, 1.807) is 102 Å². The van der Waals surface area contributed by atoms with Gasteiger partial charge in [-0.15, -0.1) is 34.2 Å². The fourth-order valence-corrected chi connectivity index (χ4v) is 14.6. The average Bonchev–Trinajstić information content (AvgIpc) is 1.77. The Bertz CT molecular complexity index is 5180. The van der Waals surface area contributed by atoms with Crippen molar-refractivity contribution in [1.29, 1.82) is 0 Å². The number of nitrogens with zero attached hydrogens (tertiary/aromatic N) is 15. The van der Waals surface area contributed by atoms with Crippen LogP contribution in [0.25, 0.3) is 11.1 Å². The molecule has 1 unspecified atom stereocenters. The SMILES string of the molecule is CC(C)(C)OC(=O)CN1NC(OCc2ncccn2)C2=C1CCCC2.CC(C)(C)OC(=O)Cn1[nH]c(=O)c2c1CCCC2.Cl.ClCc1ncccn1.NC(=O)c1cc(-c2cccnc2[C@@H](CC(=O)Cn2nc(OCc3ncccn3)c3c2CCCC3)Cc2cc(F)cc(F)c2)ccc1F.O=C(O)Cn1nc(OCc2ncccn2)c2c1CCCC2. The van der Waals surface area contributed by atoms with Gasteiger partial charge in [0.05, 0.1) is 23.7 Å². The molecule has 0 spiro atoms. The van der Waals surface area contributed by atoms with E-state index in [0.717, 1.165) is 154 Å². The van der Waals surface area contributed by atoms with Crippen LogP contribution in [-0.2, 0) is 124 Å². The van der Waals surface area contributed by atoms with Crippen LogP contribution in [0, 0.1) is 17.5 Å². The number of benzene rings is 2. The Hall–Kier alpha value is -11.7. The number of carbonyl (C=O) groups is 5. The number of carboxylic acid groups (broad SMARTS) is 1. The lowest BCUT2D eigenvalue weighted by molar-refractivity contribution is -0.157. The number of amides is 1. The summed E-state index contributed by atoms with van der Waals surface area (Å²) in [4.78, 5) is 110. The number of ether oxygens (including phenoxy) is 5. The van der Waals surface area contributed by atoms with E-state index in [4.69, 9.17) is 46.1 Å². The molecular formula is C85H99Cl2F3N18O12. The van der Waals surface area contributed by atoms with Crippen LogP contribution >= 0.6 is 24.0 Å². The monoisotopic (exact) mass is 1690 g/mol. The Labute approximate surface area is 703 Å². The van der Waals surface area contributed by atoms with Gasteiger partial charge in [0.1, 0.15) is 80.2 Å². The van der Waals surface area contributed by atoms with Gasteiger partial charge >= 0.3 is 17.9 Å². The van der Waals surface area contributed by atoms with Crippen LogP contribution in [0.5, 0.6) is 11.8 Å². The van der Waals surface area contributed by atoms with Crippen molar-refractivity contribution in [3.8, 4) is 22.9 Å². The van der Waals surface area contributed by atoms with Gasteiger partial charge in [-0.1, -0.05) is 12.1 Å². The third-order valence-corrected chi connectivity index (χ3v) is 19.7. The van der Waals surface area contributed by atoms with Crippen molar-refractivity contribution in [3.05, 3.63) is 242 Å². The molecule has 4 aliphatic carbocycles. The Morgan fingerprint density at radius 2 is 1.05 bits per heavy atom. The summed E-state index contributed by atoms with van der Waals surface area (Å²) in [6.45, 7) is 11.9. The number of fused-ring (bicyclic) bond motifs is 3. The Morgan fingerprint density at radius 1 is 0.567 bits per heavy atom. The summed E-state index contributed by atoms with van der Waals surface area (Å²) < 4.78 is 76.0. The van der Waals surface area contributed by atoms with E-state index in [1.165, 1.54) is 34.5 Å². The first-order valence-corrected chi connectivity index (χ1v) is 40.1. The lowest BCUT2D eigenvalue weighted by Gasteiger charge is -2.26. The normalized spacial score (nSPS) is 14.8. The molecule has 35 heteroatoms. The van der Waals surface area contributed by atoms with Crippen LogP contribution in [0.2, 0.25) is 0 Å². The molecule has 0 saturated heterocycles. The summed E-state index contributed by atoms with van der Waals surface area (Å²) in [6.07, 6.45) is 29.9. The van der Waals surface area contributed by atoms with Crippen molar-refractivity contribution in [2.45, 2.75) is 226 Å². The van der Waals surface area contributed by atoms with E-state index < -0.39 is 46.4 Å². The number of allylic oxidation sites excluding steroid dienone is 1.